The number of hydrogen-bond donors (Lipinski definition) is 2. The number of aldehydes is 1. The molecular weight excluding hydrogens is 272 g/mol. The third-order valence-electron chi connectivity index (χ3n) is 3.17. The van der Waals surface area contributed by atoms with Crippen molar-refractivity contribution in [1.29, 1.82) is 0 Å². The smallest absolute Gasteiger partial charge is 0.352 e. The Morgan fingerprint density at radius 2 is 2.00 bits per heavy atom. The number of aromatic amines is 1. The van der Waals surface area contributed by atoms with E-state index in [2.05, 4.69) is 4.98 Å². The molecule has 0 aliphatic carbocycles. The molecule has 3 aromatic rings. The molecule has 0 aliphatic heterocycles. The van der Waals surface area contributed by atoms with Crippen LogP contribution >= 0.6 is 0 Å². The van der Waals surface area contributed by atoms with Crippen LogP contribution in [0, 0.1) is 0 Å². The van der Waals surface area contributed by atoms with Gasteiger partial charge in [-0.05, 0) is 24.3 Å². The highest BCUT2D eigenvalue weighted by molar-refractivity contribution is 5.93. The van der Waals surface area contributed by atoms with Gasteiger partial charge < -0.3 is 10.1 Å². The highest BCUT2D eigenvalue weighted by atomic mass is 16.4. The molecule has 0 atom stereocenters. The van der Waals surface area contributed by atoms with Crippen LogP contribution in [-0.4, -0.2) is 26.9 Å². The lowest BCUT2D eigenvalue weighted by molar-refractivity contribution is 0.0691. The summed E-state index contributed by atoms with van der Waals surface area (Å²) in [5.41, 5.74) is 0.985. The van der Waals surface area contributed by atoms with Gasteiger partial charge in [0.1, 0.15) is 17.6 Å². The van der Waals surface area contributed by atoms with Crippen LogP contribution in [0.2, 0.25) is 0 Å². The topological polar surface area (TPSA) is 92.2 Å². The van der Waals surface area contributed by atoms with Gasteiger partial charge in [0.05, 0.1) is 5.69 Å². The summed E-state index contributed by atoms with van der Waals surface area (Å²) in [6.07, 6.45) is 0.687. The van der Waals surface area contributed by atoms with E-state index < -0.39 is 5.97 Å². The molecule has 0 bridgehead atoms. The minimum absolute atomic E-state index is 0.00380. The molecule has 21 heavy (non-hydrogen) atoms. The van der Waals surface area contributed by atoms with Crippen molar-refractivity contribution in [3.63, 3.8) is 0 Å². The van der Waals surface area contributed by atoms with Gasteiger partial charge in [-0.1, -0.05) is 12.1 Å². The fraction of sp³-hybridized carbons (Fsp3) is 0. The predicted molar refractivity (Wildman–Crippen MR) is 76.2 cm³/mol. The number of H-pyrrole nitrogens is 1. The summed E-state index contributed by atoms with van der Waals surface area (Å²) in [7, 11) is 0. The van der Waals surface area contributed by atoms with E-state index in [0.29, 0.717) is 28.6 Å². The monoisotopic (exact) mass is 282 g/mol. The third kappa shape index (κ3) is 2.12. The minimum Gasteiger partial charge on any atom is -0.477 e. The zero-order valence-electron chi connectivity index (χ0n) is 10.7. The number of hydrogen-bond acceptors (Lipinski definition) is 3. The number of aromatic nitrogens is 2. The standard InChI is InChI=1S/C15H10N2O4/c18-8-9-2-1-3-11(6-9)17-13(19)5-4-10-7-12(15(20)21)16-14(10)17/h1-8,16H,(H,20,21). The van der Waals surface area contributed by atoms with Crippen molar-refractivity contribution in [3.8, 4) is 5.69 Å². The summed E-state index contributed by atoms with van der Waals surface area (Å²) in [5, 5.41) is 9.63. The van der Waals surface area contributed by atoms with Gasteiger partial charge in [-0.25, -0.2) is 4.79 Å². The molecule has 6 heteroatoms. The Morgan fingerprint density at radius 1 is 1.19 bits per heavy atom. The Morgan fingerprint density at radius 3 is 2.71 bits per heavy atom. The average Bonchev–Trinajstić information content (AvgIpc) is 2.91. The second-order valence-corrected chi connectivity index (χ2v) is 4.51. The number of carboxylic acids is 1. The van der Waals surface area contributed by atoms with Crippen LogP contribution in [0.25, 0.3) is 16.7 Å². The maximum atomic E-state index is 12.1. The number of benzene rings is 1. The number of aromatic carboxylic acids is 1. The number of nitrogens with zero attached hydrogens (tertiary/aromatic N) is 1. The molecule has 0 aliphatic rings. The van der Waals surface area contributed by atoms with Crippen LogP contribution in [0.5, 0.6) is 0 Å². The lowest BCUT2D eigenvalue weighted by atomic mass is 10.2. The zero-order chi connectivity index (χ0) is 15.0. The highest BCUT2D eigenvalue weighted by Gasteiger charge is 2.12. The number of fused-ring (bicyclic) bond motifs is 1. The lowest BCUT2D eigenvalue weighted by Crippen LogP contribution is -2.17. The number of carbonyl (C=O) groups excluding carboxylic acids is 1. The molecule has 6 nitrogen and oxygen atoms in total. The fourth-order valence-electron chi connectivity index (χ4n) is 2.23. The van der Waals surface area contributed by atoms with Gasteiger partial charge in [0.2, 0.25) is 0 Å². The molecule has 2 N–H and O–H groups in total. The molecule has 0 radical (unpaired) electrons. The summed E-state index contributed by atoms with van der Waals surface area (Å²) >= 11 is 0. The van der Waals surface area contributed by atoms with Gasteiger partial charge in [0.25, 0.3) is 5.56 Å². The SMILES string of the molecule is O=Cc1cccc(-n2c(=O)ccc3cc(C(=O)O)[nH]c32)c1. The van der Waals surface area contributed by atoms with Crippen LogP contribution in [-0.2, 0) is 0 Å². The number of carbonyl (C=O) groups is 2. The van der Waals surface area contributed by atoms with Gasteiger partial charge in [-0.15, -0.1) is 0 Å². The van der Waals surface area contributed by atoms with Gasteiger partial charge >= 0.3 is 5.97 Å². The predicted octanol–water partition coefficient (Wildman–Crippen LogP) is 1.83. The van der Waals surface area contributed by atoms with Crippen LogP contribution in [0.3, 0.4) is 0 Å². The molecule has 2 heterocycles. The van der Waals surface area contributed by atoms with E-state index in [0.717, 1.165) is 0 Å². The van der Waals surface area contributed by atoms with E-state index in [1.54, 1.807) is 30.3 Å². The number of rotatable bonds is 3. The molecule has 0 spiro atoms. The van der Waals surface area contributed by atoms with E-state index in [9.17, 15) is 14.4 Å². The van der Waals surface area contributed by atoms with Crippen LogP contribution < -0.4 is 5.56 Å². The van der Waals surface area contributed by atoms with Gasteiger partial charge in [0, 0.05) is 17.0 Å². The molecule has 3 rings (SSSR count). The maximum Gasteiger partial charge on any atom is 0.352 e. The Kier molecular flexibility index (Phi) is 2.91. The summed E-state index contributed by atoms with van der Waals surface area (Å²) < 4.78 is 1.34. The lowest BCUT2D eigenvalue weighted by Gasteiger charge is -2.07. The van der Waals surface area contributed by atoms with Crippen LogP contribution in [0.4, 0.5) is 0 Å². The Bertz CT molecular complexity index is 921. The first kappa shape index (κ1) is 12.9. The van der Waals surface area contributed by atoms with Gasteiger partial charge in [0.15, 0.2) is 0 Å². The van der Waals surface area contributed by atoms with Gasteiger partial charge in [-0.3, -0.25) is 14.2 Å². The first-order chi connectivity index (χ1) is 10.1. The number of nitrogens with one attached hydrogen (secondary N) is 1. The zero-order valence-corrected chi connectivity index (χ0v) is 10.7. The normalized spacial score (nSPS) is 10.7. The van der Waals surface area contributed by atoms with Gasteiger partial charge in [-0.2, -0.15) is 0 Å². The van der Waals surface area contributed by atoms with E-state index in [4.69, 9.17) is 5.11 Å². The second kappa shape index (κ2) is 4.75. The number of carboxylic acid groups (broad SMARTS) is 1. The molecule has 1 aromatic carbocycles. The van der Waals surface area contributed by atoms with E-state index in [1.165, 1.54) is 16.7 Å². The maximum absolute atomic E-state index is 12.1. The molecule has 0 fully saturated rings. The fourth-order valence-corrected chi connectivity index (χ4v) is 2.23. The highest BCUT2D eigenvalue weighted by Crippen LogP contribution is 2.18. The number of pyridine rings is 1. The summed E-state index contributed by atoms with van der Waals surface area (Å²) in [5.74, 6) is -1.10. The second-order valence-electron chi connectivity index (χ2n) is 4.51. The van der Waals surface area contributed by atoms with Crippen molar-refractivity contribution >= 4 is 23.3 Å². The summed E-state index contributed by atoms with van der Waals surface area (Å²) in [6, 6.07) is 10.9. The van der Waals surface area contributed by atoms with E-state index in [1.807, 2.05) is 0 Å². The van der Waals surface area contributed by atoms with Crippen molar-refractivity contribution in [1.82, 2.24) is 9.55 Å². The van der Waals surface area contributed by atoms with Crippen molar-refractivity contribution in [2.75, 3.05) is 0 Å². The summed E-state index contributed by atoms with van der Waals surface area (Å²) in [4.78, 5) is 36.7. The molecule has 0 amide bonds. The van der Waals surface area contributed by atoms with Crippen molar-refractivity contribution in [2.24, 2.45) is 0 Å². The van der Waals surface area contributed by atoms with E-state index in [-0.39, 0.29) is 11.3 Å². The van der Waals surface area contributed by atoms with Crippen LogP contribution in [0.15, 0.2) is 47.3 Å². The van der Waals surface area contributed by atoms with Crippen molar-refractivity contribution in [3.05, 3.63) is 64.1 Å². The Labute approximate surface area is 118 Å². The average molecular weight is 282 g/mol. The first-order valence-corrected chi connectivity index (χ1v) is 6.14. The van der Waals surface area contributed by atoms with E-state index >= 15 is 0 Å². The molecular formula is C15H10N2O4. The quantitative estimate of drug-likeness (QED) is 0.717. The minimum atomic E-state index is -1.10. The largest absolute Gasteiger partial charge is 0.477 e. The Balaban J connectivity index is 2.34. The molecule has 0 saturated carbocycles. The van der Waals surface area contributed by atoms with Crippen molar-refractivity contribution < 1.29 is 14.7 Å². The van der Waals surface area contributed by atoms with Crippen molar-refractivity contribution in [2.45, 2.75) is 0 Å². The molecule has 0 saturated heterocycles. The Hall–Kier alpha value is -3.15. The molecule has 0 unspecified atom stereocenters. The third-order valence-corrected chi connectivity index (χ3v) is 3.17. The summed E-state index contributed by atoms with van der Waals surface area (Å²) in [6.45, 7) is 0. The molecule has 2 aromatic heterocycles. The van der Waals surface area contributed by atoms with Crippen LogP contribution in [0.1, 0.15) is 20.8 Å². The first-order valence-electron chi connectivity index (χ1n) is 6.14. The molecule has 104 valence electrons.